The molecule has 0 heterocycles. The Labute approximate surface area is 80.2 Å². The normalized spacial score (nSPS) is 14.1. The Morgan fingerprint density at radius 3 is 2.50 bits per heavy atom. The van der Waals surface area contributed by atoms with Crippen LogP contribution in [0.1, 0.15) is 18.1 Å². The van der Waals surface area contributed by atoms with Crippen molar-refractivity contribution < 1.29 is 18.3 Å². The third-order valence-corrected chi connectivity index (χ3v) is 1.79. The third kappa shape index (κ3) is 3.03. The van der Waals surface area contributed by atoms with Crippen LogP contribution >= 0.6 is 0 Å². The van der Waals surface area contributed by atoms with Crippen molar-refractivity contribution in [2.24, 2.45) is 0 Å². The summed E-state index contributed by atoms with van der Waals surface area (Å²) in [6, 6.07) is 5.00. The molecular formula is C10H11F3O. The van der Waals surface area contributed by atoms with Crippen LogP contribution in [0.5, 0.6) is 0 Å². The molecular weight excluding hydrogens is 193 g/mol. The van der Waals surface area contributed by atoms with Gasteiger partial charge in [0.05, 0.1) is 11.7 Å². The van der Waals surface area contributed by atoms with Gasteiger partial charge in [0.2, 0.25) is 0 Å². The van der Waals surface area contributed by atoms with Crippen LogP contribution in [0.4, 0.5) is 13.2 Å². The predicted molar refractivity (Wildman–Crippen MR) is 46.8 cm³/mol. The van der Waals surface area contributed by atoms with E-state index in [1.807, 2.05) is 0 Å². The van der Waals surface area contributed by atoms with Crippen LogP contribution in [-0.4, -0.2) is 11.2 Å². The molecule has 1 rings (SSSR count). The highest BCUT2D eigenvalue weighted by Crippen LogP contribution is 2.29. The van der Waals surface area contributed by atoms with Crippen molar-refractivity contribution in [3.8, 4) is 0 Å². The molecule has 1 N–H and O–H groups in total. The maximum atomic E-state index is 12.2. The summed E-state index contributed by atoms with van der Waals surface area (Å²) in [5, 5.41) is 9.02. The van der Waals surface area contributed by atoms with E-state index in [1.54, 1.807) is 13.0 Å². The summed E-state index contributed by atoms with van der Waals surface area (Å²) in [5.74, 6) is 0. The van der Waals surface area contributed by atoms with Gasteiger partial charge in [0.15, 0.2) is 0 Å². The number of aliphatic hydroxyl groups excluding tert-OH is 1. The first-order valence-corrected chi connectivity index (χ1v) is 4.24. The van der Waals surface area contributed by atoms with Crippen molar-refractivity contribution in [3.63, 3.8) is 0 Å². The van der Waals surface area contributed by atoms with Crippen LogP contribution in [0.3, 0.4) is 0 Å². The van der Waals surface area contributed by atoms with Gasteiger partial charge in [-0.05, 0) is 25.0 Å². The average Bonchev–Trinajstić information content (AvgIpc) is 2.01. The first kappa shape index (κ1) is 11.0. The quantitative estimate of drug-likeness (QED) is 0.785. The van der Waals surface area contributed by atoms with E-state index >= 15 is 0 Å². The summed E-state index contributed by atoms with van der Waals surface area (Å²) in [7, 11) is 0. The molecule has 0 radical (unpaired) electrons. The lowest BCUT2D eigenvalue weighted by Gasteiger charge is -2.09. The average molecular weight is 204 g/mol. The smallest absolute Gasteiger partial charge is 0.393 e. The molecule has 1 nitrogen and oxygen atoms in total. The third-order valence-electron chi connectivity index (χ3n) is 1.79. The number of hydrogen-bond acceptors (Lipinski definition) is 1. The Bertz CT molecular complexity index is 304. The lowest BCUT2D eigenvalue weighted by molar-refractivity contribution is -0.137. The van der Waals surface area contributed by atoms with Crippen LogP contribution in [0.2, 0.25) is 0 Å². The maximum absolute atomic E-state index is 12.2. The Kier molecular flexibility index (Phi) is 3.16. The van der Waals surface area contributed by atoms with Gasteiger partial charge in [-0.1, -0.05) is 18.2 Å². The minimum absolute atomic E-state index is 0.240. The SMILES string of the molecule is CC(O)Cc1cccc(C(F)(F)F)c1. The van der Waals surface area contributed by atoms with Gasteiger partial charge in [-0.3, -0.25) is 0 Å². The summed E-state index contributed by atoms with van der Waals surface area (Å²) >= 11 is 0. The molecule has 0 spiro atoms. The van der Waals surface area contributed by atoms with E-state index in [0.717, 1.165) is 12.1 Å². The molecule has 0 aliphatic rings. The molecule has 0 amide bonds. The van der Waals surface area contributed by atoms with Gasteiger partial charge >= 0.3 is 6.18 Å². The topological polar surface area (TPSA) is 20.2 Å². The molecule has 1 atom stereocenters. The number of halogens is 3. The van der Waals surface area contributed by atoms with E-state index in [4.69, 9.17) is 5.11 Å². The van der Waals surface area contributed by atoms with Crippen molar-refractivity contribution >= 4 is 0 Å². The second kappa shape index (κ2) is 4.00. The molecule has 0 saturated carbocycles. The van der Waals surface area contributed by atoms with Crippen LogP contribution in [0, 0.1) is 0 Å². The van der Waals surface area contributed by atoms with E-state index < -0.39 is 17.8 Å². The highest BCUT2D eigenvalue weighted by molar-refractivity contribution is 5.25. The summed E-state index contributed by atoms with van der Waals surface area (Å²) in [5.41, 5.74) is -0.175. The fourth-order valence-corrected chi connectivity index (χ4v) is 1.22. The van der Waals surface area contributed by atoms with E-state index in [2.05, 4.69) is 0 Å². The summed E-state index contributed by atoms with van der Waals surface area (Å²) in [6.45, 7) is 1.54. The zero-order valence-electron chi connectivity index (χ0n) is 7.67. The molecule has 0 aromatic heterocycles. The molecule has 0 bridgehead atoms. The first-order valence-electron chi connectivity index (χ1n) is 4.24. The molecule has 14 heavy (non-hydrogen) atoms. The summed E-state index contributed by atoms with van der Waals surface area (Å²) in [4.78, 5) is 0. The zero-order valence-corrected chi connectivity index (χ0v) is 7.67. The zero-order chi connectivity index (χ0) is 10.8. The second-order valence-electron chi connectivity index (χ2n) is 3.25. The maximum Gasteiger partial charge on any atom is 0.416 e. The van der Waals surface area contributed by atoms with Crippen molar-refractivity contribution in [1.29, 1.82) is 0 Å². The van der Waals surface area contributed by atoms with Gasteiger partial charge in [0.25, 0.3) is 0 Å². The molecule has 0 fully saturated rings. The molecule has 0 aliphatic heterocycles. The van der Waals surface area contributed by atoms with E-state index in [0.29, 0.717) is 5.56 Å². The van der Waals surface area contributed by atoms with Gasteiger partial charge in [-0.25, -0.2) is 0 Å². The van der Waals surface area contributed by atoms with Crippen molar-refractivity contribution in [2.75, 3.05) is 0 Å². The number of aliphatic hydroxyl groups is 1. The Balaban J connectivity index is 2.90. The van der Waals surface area contributed by atoms with Gasteiger partial charge in [-0.15, -0.1) is 0 Å². The van der Waals surface area contributed by atoms with Crippen molar-refractivity contribution in [3.05, 3.63) is 35.4 Å². The van der Waals surface area contributed by atoms with E-state index in [1.165, 1.54) is 6.07 Å². The minimum atomic E-state index is -4.31. The Hall–Kier alpha value is -1.03. The number of alkyl halides is 3. The lowest BCUT2D eigenvalue weighted by Crippen LogP contribution is -2.08. The number of benzene rings is 1. The Morgan fingerprint density at radius 1 is 1.36 bits per heavy atom. The summed E-state index contributed by atoms with van der Waals surface area (Å²) < 4.78 is 36.7. The number of rotatable bonds is 2. The standard InChI is InChI=1S/C10H11F3O/c1-7(14)5-8-3-2-4-9(6-8)10(11,12)13/h2-4,6-7,14H,5H2,1H3. The highest BCUT2D eigenvalue weighted by Gasteiger charge is 2.30. The van der Waals surface area contributed by atoms with Gasteiger partial charge in [-0.2, -0.15) is 13.2 Å². The van der Waals surface area contributed by atoms with Crippen LogP contribution < -0.4 is 0 Å². The van der Waals surface area contributed by atoms with Gasteiger partial charge < -0.3 is 5.11 Å². The fraction of sp³-hybridized carbons (Fsp3) is 0.400. The first-order chi connectivity index (χ1) is 6.39. The molecule has 1 aromatic rings. The monoisotopic (exact) mass is 204 g/mol. The second-order valence-corrected chi connectivity index (χ2v) is 3.25. The summed E-state index contributed by atoms with van der Waals surface area (Å²) in [6.07, 6.45) is -4.70. The van der Waals surface area contributed by atoms with Crippen LogP contribution in [0.15, 0.2) is 24.3 Å². The Morgan fingerprint density at radius 2 is 2.00 bits per heavy atom. The fourth-order valence-electron chi connectivity index (χ4n) is 1.22. The largest absolute Gasteiger partial charge is 0.416 e. The van der Waals surface area contributed by atoms with Crippen LogP contribution in [0.25, 0.3) is 0 Å². The van der Waals surface area contributed by atoms with Crippen LogP contribution in [-0.2, 0) is 12.6 Å². The van der Waals surface area contributed by atoms with E-state index in [9.17, 15) is 13.2 Å². The van der Waals surface area contributed by atoms with Crippen molar-refractivity contribution in [2.45, 2.75) is 25.6 Å². The molecule has 4 heteroatoms. The molecule has 0 aliphatic carbocycles. The predicted octanol–water partition coefficient (Wildman–Crippen LogP) is 2.63. The molecule has 1 unspecified atom stereocenters. The highest BCUT2D eigenvalue weighted by atomic mass is 19.4. The van der Waals surface area contributed by atoms with Gasteiger partial charge in [0.1, 0.15) is 0 Å². The molecule has 1 aromatic carbocycles. The molecule has 78 valence electrons. The van der Waals surface area contributed by atoms with Gasteiger partial charge in [0, 0.05) is 0 Å². The van der Waals surface area contributed by atoms with E-state index in [-0.39, 0.29) is 6.42 Å². The number of hydrogen-bond donors (Lipinski definition) is 1. The minimum Gasteiger partial charge on any atom is -0.393 e. The lowest BCUT2D eigenvalue weighted by atomic mass is 10.1. The van der Waals surface area contributed by atoms with Crippen molar-refractivity contribution in [1.82, 2.24) is 0 Å². The molecule has 0 saturated heterocycles.